The molecular weight excluding hydrogens is 424 g/mol. The molecule has 27 heavy (non-hydrogen) atoms. The number of amides is 1. The summed E-state index contributed by atoms with van der Waals surface area (Å²) in [4.78, 5) is 50.9. The highest BCUT2D eigenvalue weighted by Gasteiger charge is 2.17. The molecule has 0 aliphatic heterocycles. The molecule has 1 N–H and O–H groups in total. The molecule has 12 heteroatoms. The third-order valence-electron chi connectivity index (χ3n) is 3.97. The molecule has 0 fully saturated rings. The van der Waals surface area contributed by atoms with Crippen molar-refractivity contribution in [3.8, 4) is 0 Å². The lowest BCUT2D eigenvalue weighted by atomic mass is 10.3. The van der Waals surface area contributed by atoms with E-state index >= 15 is 0 Å². The van der Waals surface area contributed by atoms with E-state index in [4.69, 9.17) is 0 Å². The lowest BCUT2D eigenvalue weighted by molar-refractivity contribution is -0.384. The Morgan fingerprint density at radius 2 is 2.00 bits per heavy atom. The number of halogens is 1. The number of anilines is 1. The number of carbonyl (C=O) groups excluding carboxylic acids is 1. The van der Waals surface area contributed by atoms with Crippen molar-refractivity contribution in [2.75, 3.05) is 5.32 Å². The van der Waals surface area contributed by atoms with Crippen LogP contribution in [0.15, 0.2) is 38.6 Å². The first-order valence-corrected chi connectivity index (χ1v) is 8.34. The van der Waals surface area contributed by atoms with Crippen LogP contribution >= 0.6 is 15.9 Å². The summed E-state index contributed by atoms with van der Waals surface area (Å²) in [6.45, 7) is -0.229. The van der Waals surface area contributed by atoms with Gasteiger partial charge in [-0.3, -0.25) is 28.8 Å². The molecule has 0 aliphatic rings. The smallest absolute Gasteiger partial charge is 0.323 e. The molecule has 0 aliphatic carbocycles. The largest absolute Gasteiger partial charge is 0.332 e. The van der Waals surface area contributed by atoms with E-state index in [1.807, 2.05) is 0 Å². The summed E-state index contributed by atoms with van der Waals surface area (Å²) in [7, 11) is 2.82. The summed E-state index contributed by atoms with van der Waals surface area (Å²) >= 11 is 3.17. The Balaban J connectivity index is 1.90. The van der Waals surface area contributed by atoms with E-state index in [2.05, 4.69) is 26.2 Å². The highest BCUT2D eigenvalue weighted by atomic mass is 79.9. The number of non-ortho nitro benzene ring substituents is 1. The zero-order valence-electron chi connectivity index (χ0n) is 14.2. The molecule has 0 saturated heterocycles. The maximum absolute atomic E-state index is 12.4. The molecule has 2 heterocycles. The van der Waals surface area contributed by atoms with Crippen molar-refractivity contribution in [3.05, 3.63) is 60.0 Å². The molecule has 140 valence electrons. The Hall–Kier alpha value is -3.28. The van der Waals surface area contributed by atoms with Gasteiger partial charge in [-0.1, -0.05) is 0 Å². The third kappa shape index (κ3) is 3.26. The lowest BCUT2D eigenvalue weighted by Gasteiger charge is -2.09. The monoisotopic (exact) mass is 436 g/mol. The summed E-state index contributed by atoms with van der Waals surface area (Å²) < 4.78 is 3.84. The van der Waals surface area contributed by atoms with Gasteiger partial charge in [0.2, 0.25) is 5.91 Å². The number of carbonyl (C=O) groups is 1. The second kappa shape index (κ2) is 6.79. The highest BCUT2D eigenvalue weighted by molar-refractivity contribution is 9.10. The number of nitro groups is 1. The summed E-state index contributed by atoms with van der Waals surface area (Å²) in [5.74, 6) is -0.472. The zero-order chi connectivity index (χ0) is 19.9. The SMILES string of the molecule is Cn1c(=O)c2c(ncn2CC(=O)Nc2ccc([N+](=O)[O-])cc2Br)n(C)c1=O. The molecule has 3 aromatic rings. The predicted octanol–water partition coefficient (Wildman–Crippen LogP) is 0.743. The minimum atomic E-state index is -0.560. The Bertz CT molecular complexity index is 1210. The minimum Gasteiger partial charge on any atom is -0.323 e. The van der Waals surface area contributed by atoms with Crippen LogP contribution in [0.1, 0.15) is 0 Å². The van der Waals surface area contributed by atoms with Crippen LogP contribution in [0, 0.1) is 10.1 Å². The molecule has 3 rings (SSSR count). The summed E-state index contributed by atoms with van der Waals surface area (Å²) in [6, 6.07) is 3.93. The number of fused-ring (bicyclic) bond motifs is 1. The first kappa shape index (κ1) is 18.5. The highest BCUT2D eigenvalue weighted by Crippen LogP contribution is 2.27. The molecule has 11 nitrogen and oxygen atoms in total. The Labute approximate surface area is 159 Å². The van der Waals surface area contributed by atoms with E-state index in [0.29, 0.717) is 10.2 Å². The van der Waals surface area contributed by atoms with Crippen LogP contribution < -0.4 is 16.6 Å². The summed E-state index contributed by atoms with van der Waals surface area (Å²) in [6.07, 6.45) is 1.30. The summed E-state index contributed by atoms with van der Waals surface area (Å²) in [5, 5.41) is 13.4. The van der Waals surface area contributed by atoms with E-state index < -0.39 is 22.1 Å². The molecular formula is C15H13BrN6O5. The number of hydrogen-bond donors (Lipinski definition) is 1. The molecule has 0 radical (unpaired) electrons. The van der Waals surface area contributed by atoms with Crippen LogP contribution in [0.2, 0.25) is 0 Å². The van der Waals surface area contributed by atoms with E-state index in [-0.39, 0.29) is 23.4 Å². The van der Waals surface area contributed by atoms with Crippen LogP contribution in [0.5, 0.6) is 0 Å². The topological polar surface area (TPSA) is 134 Å². The van der Waals surface area contributed by atoms with Crippen molar-refractivity contribution in [2.24, 2.45) is 14.1 Å². The Morgan fingerprint density at radius 3 is 2.63 bits per heavy atom. The summed E-state index contributed by atoms with van der Waals surface area (Å²) in [5.41, 5.74) is -0.558. The van der Waals surface area contributed by atoms with Crippen LogP contribution in [-0.4, -0.2) is 29.5 Å². The van der Waals surface area contributed by atoms with E-state index in [0.717, 1.165) is 4.57 Å². The number of nitrogens with one attached hydrogen (secondary N) is 1. The number of aryl methyl sites for hydroxylation is 1. The van der Waals surface area contributed by atoms with Gasteiger partial charge in [0.05, 0.1) is 16.9 Å². The molecule has 1 aromatic carbocycles. The molecule has 0 saturated carbocycles. The number of nitro benzene ring substituents is 1. The first-order chi connectivity index (χ1) is 12.7. The average molecular weight is 437 g/mol. The Morgan fingerprint density at radius 1 is 1.30 bits per heavy atom. The van der Waals surface area contributed by atoms with Crippen LogP contribution in [0.3, 0.4) is 0 Å². The van der Waals surface area contributed by atoms with Crippen molar-refractivity contribution in [1.82, 2.24) is 18.7 Å². The van der Waals surface area contributed by atoms with Crippen LogP contribution in [0.4, 0.5) is 11.4 Å². The number of aromatic nitrogens is 4. The van der Waals surface area contributed by atoms with Gasteiger partial charge in [0.25, 0.3) is 11.2 Å². The van der Waals surface area contributed by atoms with Gasteiger partial charge in [-0.15, -0.1) is 0 Å². The van der Waals surface area contributed by atoms with Crippen molar-refractivity contribution in [2.45, 2.75) is 6.54 Å². The van der Waals surface area contributed by atoms with E-state index in [9.17, 15) is 24.5 Å². The van der Waals surface area contributed by atoms with Crippen molar-refractivity contribution in [1.29, 1.82) is 0 Å². The number of imidazole rings is 1. The number of hydrogen-bond acceptors (Lipinski definition) is 6. The van der Waals surface area contributed by atoms with Gasteiger partial charge < -0.3 is 9.88 Å². The van der Waals surface area contributed by atoms with Crippen molar-refractivity contribution < 1.29 is 9.72 Å². The standard InChI is InChI=1S/C15H13BrN6O5/c1-19-13-12(14(24)20(2)15(19)25)21(7-17-13)6-11(23)18-10-4-3-8(22(26)27)5-9(10)16/h3-5,7H,6H2,1-2H3,(H,18,23). The lowest BCUT2D eigenvalue weighted by Crippen LogP contribution is -2.37. The fourth-order valence-corrected chi connectivity index (χ4v) is 3.05. The van der Waals surface area contributed by atoms with Gasteiger partial charge in [0.1, 0.15) is 6.54 Å². The van der Waals surface area contributed by atoms with Gasteiger partial charge in [-0.05, 0) is 22.0 Å². The zero-order valence-corrected chi connectivity index (χ0v) is 15.8. The van der Waals surface area contributed by atoms with Crippen molar-refractivity contribution in [3.63, 3.8) is 0 Å². The first-order valence-electron chi connectivity index (χ1n) is 7.55. The second-order valence-corrected chi connectivity index (χ2v) is 6.57. The normalized spacial score (nSPS) is 10.9. The minimum absolute atomic E-state index is 0.120. The molecule has 0 bridgehead atoms. The predicted molar refractivity (Wildman–Crippen MR) is 99.6 cm³/mol. The molecule has 0 spiro atoms. The van der Waals surface area contributed by atoms with Crippen molar-refractivity contribution >= 4 is 44.4 Å². The maximum Gasteiger partial charge on any atom is 0.332 e. The number of rotatable bonds is 4. The number of nitrogens with zero attached hydrogens (tertiary/aromatic N) is 5. The molecule has 1 amide bonds. The Kier molecular flexibility index (Phi) is 4.66. The van der Waals surface area contributed by atoms with Gasteiger partial charge in [0, 0.05) is 30.7 Å². The van der Waals surface area contributed by atoms with Gasteiger partial charge in [-0.2, -0.15) is 0 Å². The fraction of sp³-hybridized carbons (Fsp3) is 0.200. The van der Waals surface area contributed by atoms with Crippen LogP contribution in [-0.2, 0) is 25.4 Å². The molecule has 0 unspecified atom stereocenters. The quantitative estimate of drug-likeness (QED) is 0.473. The van der Waals surface area contributed by atoms with E-state index in [1.54, 1.807) is 0 Å². The average Bonchev–Trinajstić information content (AvgIpc) is 3.03. The molecule has 2 aromatic heterocycles. The third-order valence-corrected chi connectivity index (χ3v) is 4.62. The molecule has 0 atom stereocenters. The number of benzene rings is 1. The van der Waals surface area contributed by atoms with E-state index in [1.165, 1.54) is 47.8 Å². The van der Waals surface area contributed by atoms with Crippen LogP contribution in [0.25, 0.3) is 11.2 Å². The van der Waals surface area contributed by atoms with Gasteiger partial charge in [0.15, 0.2) is 11.2 Å². The second-order valence-electron chi connectivity index (χ2n) is 5.72. The fourth-order valence-electron chi connectivity index (χ4n) is 2.58. The maximum atomic E-state index is 12.4. The van der Waals surface area contributed by atoms with Gasteiger partial charge >= 0.3 is 5.69 Å². The van der Waals surface area contributed by atoms with Gasteiger partial charge in [-0.25, -0.2) is 9.78 Å².